The SMILES string of the molecule is CC(C)N=C(NC(C)C)SCc1cccc2ccccc12. The van der Waals surface area contributed by atoms with E-state index in [4.69, 9.17) is 0 Å². The lowest BCUT2D eigenvalue weighted by atomic mass is 10.1. The van der Waals surface area contributed by atoms with Gasteiger partial charge in [-0.1, -0.05) is 54.2 Å². The molecule has 2 aromatic carbocycles. The Morgan fingerprint density at radius 2 is 1.76 bits per heavy atom. The first-order chi connectivity index (χ1) is 10.1. The Balaban J connectivity index is 2.16. The van der Waals surface area contributed by atoms with Crippen LogP contribution in [0.5, 0.6) is 0 Å². The molecule has 3 heteroatoms. The molecule has 0 aliphatic carbocycles. The minimum absolute atomic E-state index is 0.311. The molecule has 21 heavy (non-hydrogen) atoms. The molecule has 2 nitrogen and oxygen atoms in total. The van der Waals surface area contributed by atoms with Gasteiger partial charge in [-0.05, 0) is 44.0 Å². The number of hydrogen-bond donors (Lipinski definition) is 1. The Morgan fingerprint density at radius 3 is 2.48 bits per heavy atom. The molecule has 0 saturated carbocycles. The first kappa shape index (κ1) is 15.9. The van der Waals surface area contributed by atoms with Gasteiger partial charge in [-0.2, -0.15) is 0 Å². The van der Waals surface area contributed by atoms with Crippen molar-refractivity contribution in [2.24, 2.45) is 4.99 Å². The molecule has 0 aliphatic rings. The molecule has 0 aromatic heterocycles. The summed E-state index contributed by atoms with van der Waals surface area (Å²) in [5.41, 5.74) is 1.36. The average Bonchev–Trinajstić information content (AvgIpc) is 2.43. The quantitative estimate of drug-likeness (QED) is 0.645. The largest absolute Gasteiger partial charge is 0.363 e. The molecule has 2 rings (SSSR count). The summed E-state index contributed by atoms with van der Waals surface area (Å²) in [5.74, 6) is 0.937. The molecule has 2 aromatic rings. The third kappa shape index (κ3) is 4.78. The van der Waals surface area contributed by atoms with Crippen LogP contribution < -0.4 is 5.32 Å². The van der Waals surface area contributed by atoms with Crippen LogP contribution in [0.2, 0.25) is 0 Å². The number of hydrogen-bond acceptors (Lipinski definition) is 2. The molecule has 0 unspecified atom stereocenters. The van der Waals surface area contributed by atoms with Gasteiger partial charge in [0.25, 0.3) is 0 Å². The smallest absolute Gasteiger partial charge is 0.157 e. The lowest BCUT2D eigenvalue weighted by Gasteiger charge is -2.14. The second-order valence-electron chi connectivity index (χ2n) is 5.75. The first-order valence-corrected chi connectivity index (χ1v) is 8.48. The molecule has 112 valence electrons. The van der Waals surface area contributed by atoms with E-state index in [0.717, 1.165) is 10.9 Å². The van der Waals surface area contributed by atoms with Gasteiger partial charge in [0.05, 0.1) is 0 Å². The zero-order chi connectivity index (χ0) is 15.2. The second-order valence-corrected chi connectivity index (χ2v) is 6.72. The number of aliphatic imine (C=N–C) groups is 1. The van der Waals surface area contributed by atoms with Crippen molar-refractivity contribution < 1.29 is 0 Å². The van der Waals surface area contributed by atoms with Crippen LogP contribution in [0.3, 0.4) is 0 Å². The maximum atomic E-state index is 4.68. The van der Waals surface area contributed by atoms with E-state index in [2.05, 4.69) is 80.5 Å². The highest BCUT2D eigenvalue weighted by molar-refractivity contribution is 8.13. The normalized spacial score (nSPS) is 12.4. The molecule has 0 amide bonds. The van der Waals surface area contributed by atoms with Crippen molar-refractivity contribution in [1.82, 2.24) is 5.32 Å². The highest BCUT2D eigenvalue weighted by Gasteiger charge is 2.06. The summed E-state index contributed by atoms with van der Waals surface area (Å²) < 4.78 is 0. The number of thioether (sulfide) groups is 1. The van der Waals surface area contributed by atoms with Gasteiger partial charge in [-0.15, -0.1) is 0 Å². The first-order valence-electron chi connectivity index (χ1n) is 7.50. The van der Waals surface area contributed by atoms with Crippen molar-refractivity contribution in [3.8, 4) is 0 Å². The Labute approximate surface area is 132 Å². The van der Waals surface area contributed by atoms with Crippen LogP contribution in [-0.4, -0.2) is 17.3 Å². The van der Waals surface area contributed by atoms with Crippen molar-refractivity contribution in [3.05, 3.63) is 48.0 Å². The van der Waals surface area contributed by atoms with Crippen LogP contribution in [0, 0.1) is 0 Å². The zero-order valence-electron chi connectivity index (χ0n) is 13.3. The lowest BCUT2D eigenvalue weighted by molar-refractivity contribution is 0.727. The number of nitrogens with zero attached hydrogens (tertiary/aromatic N) is 1. The van der Waals surface area contributed by atoms with Crippen LogP contribution >= 0.6 is 11.8 Å². The molecule has 0 bridgehead atoms. The van der Waals surface area contributed by atoms with E-state index in [-0.39, 0.29) is 0 Å². The third-order valence-electron chi connectivity index (χ3n) is 3.03. The van der Waals surface area contributed by atoms with Gasteiger partial charge in [0, 0.05) is 17.8 Å². The van der Waals surface area contributed by atoms with Crippen LogP contribution in [0.4, 0.5) is 0 Å². The van der Waals surface area contributed by atoms with E-state index in [1.54, 1.807) is 11.8 Å². The molecule has 0 atom stereocenters. The summed E-state index contributed by atoms with van der Waals surface area (Å²) in [6.07, 6.45) is 0. The van der Waals surface area contributed by atoms with Crippen LogP contribution in [0.15, 0.2) is 47.5 Å². The molecular weight excluding hydrogens is 276 g/mol. The average molecular weight is 300 g/mol. The van der Waals surface area contributed by atoms with Crippen molar-refractivity contribution in [3.63, 3.8) is 0 Å². The van der Waals surface area contributed by atoms with Crippen LogP contribution in [-0.2, 0) is 5.75 Å². The number of nitrogens with one attached hydrogen (secondary N) is 1. The summed E-state index contributed by atoms with van der Waals surface area (Å²) in [6.45, 7) is 8.52. The van der Waals surface area contributed by atoms with Gasteiger partial charge >= 0.3 is 0 Å². The molecule has 0 heterocycles. The van der Waals surface area contributed by atoms with E-state index in [9.17, 15) is 0 Å². The fourth-order valence-corrected chi connectivity index (χ4v) is 3.31. The van der Waals surface area contributed by atoms with Crippen molar-refractivity contribution >= 4 is 27.7 Å². The van der Waals surface area contributed by atoms with Crippen molar-refractivity contribution in [1.29, 1.82) is 0 Å². The van der Waals surface area contributed by atoms with Gasteiger partial charge in [0.15, 0.2) is 5.17 Å². The van der Waals surface area contributed by atoms with E-state index in [1.165, 1.54) is 16.3 Å². The number of benzene rings is 2. The maximum Gasteiger partial charge on any atom is 0.157 e. The summed E-state index contributed by atoms with van der Waals surface area (Å²) in [5, 5.41) is 7.11. The molecular formula is C18H24N2S. The van der Waals surface area contributed by atoms with E-state index in [1.807, 2.05) is 0 Å². The van der Waals surface area contributed by atoms with Crippen molar-refractivity contribution in [2.45, 2.75) is 45.5 Å². The Bertz CT molecular complexity index is 612. The molecule has 0 radical (unpaired) electrons. The predicted octanol–water partition coefficient (Wildman–Crippen LogP) is 4.84. The maximum absolute atomic E-state index is 4.68. The minimum Gasteiger partial charge on any atom is -0.363 e. The molecule has 0 fully saturated rings. The fraction of sp³-hybridized carbons (Fsp3) is 0.389. The number of rotatable bonds is 4. The molecule has 0 spiro atoms. The summed E-state index contributed by atoms with van der Waals surface area (Å²) in [7, 11) is 0. The highest BCUT2D eigenvalue weighted by Crippen LogP contribution is 2.23. The van der Waals surface area contributed by atoms with Gasteiger partial charge in [0.2, 0.25) is 0 Å². The second kappa shape index (κ2) is 7.51. The van der Waals surface area contributed by atoms with Gasteiger partial charge in [0.1, 0.15) is 0 Å². The number of fused-ring (bicyclic) bond motifs is 1. The minimum atomic E-state index is 0.311. The third-order valence-corrected chi connectivity index (χ3v) is 3.98. The standard InChI is InChI=1S/C18H24N2S/c1-13(2)19-18(20-14(3)4)21-12-16-10-7-9-15-8-5-6-11-17(15)16/h5-11,13-14H,12H2,1-4H3,(H,19,20). The summed E-state index contributed by atoms with van der Waals surface area (Å²) >= 11 is 1.79. The van der Waals surface area contributed by atoms with Crippen LogP contribution in [0.25, 0.3) is 10.8 Å². The highest BCUT2D eigenvalue weighted by atomic mass is 32.2. The van der Waals surface area contributed by atoms with Gasteiger partial charge in [-0.3, -0.25) is 4.99 Å². The zero-order valence-corrected chi connectivity index (χ0v) is 14.1. The lowest BCUT2D eigenvalue weighted by Crippen LogP contribution is -2.28. The summed E-state index contributed by atoms with van der Waals surface area (Å²) in [4.78, 5) is 4.68. The fourth-order valence-electron chi connectivity index (χ4n) is 2.16. The molecule has 0 aliphatic heterocycles. The van der Waals surface area contributed by atoms with Crippen molar-refractivity contribution in [2.75, 3.05) is 0 Å². The Morgan fingerprint density at radius 1 is 1.05 bits per heavy atom. The monoisotopic (exact) mass is 300 g/mol. The van der Waals surface area contributed by atoms with Crippen LogP contribution in [0.1, 0.15) is 33.3 Å². The molecule has 0 saturated heterocycles. The number of amidine groups is 1. The van der Waals surface area contributed by atoms with E-state index in [0.29, 0.717) is 12.1 Å². The van der Waals surface area contributed by atoms with Gasteiger partial charge in [-0.25, -0.2) is 0 Å². The topological polar surface area (TPSA) is 24.4 Å². The molecule has 1 N–H and O–H groups in total. The Kier molecular flexibility index (Phi) is 5.68. The van der Waals surface area contributed by atoms with Gasteiger partial charge < -0.3 is 5.32 Å². The predicted molar refractivity (Wildman–Crippen MR) is 96.1 cm³/mol. The summed E-state index contributed by atoms with van der Waals surface area (Å²) in [6, 6.07) is 15.8. The van der Waals surface area contributed by atoms with E-state index < -0.39 is 0 Å². The van der Waals surface area contributed by atoms with E-state index >= 15 is 0 Å². The Hall–Kier alpha value is -1.48.